The van der Waals surface area contributed by atoms with Gasteiger partial charge in [-0.3, -0.25) is 4.79 Å². The van der Waals surface area contributed by atoms with Crippen LogP contribution < -0.4 is 5.73 Å². The van der Waals surface area contributed by atoms with Crippen LogP contribution in [-0.4, -0.2) is 18.0 Å². The first kappa shape index (κ1) is 11.4. The number of ether oxygens (including phenoxy) is 1. The molecule has 0 spiro atoms. The quantitative estimate of drug-likeness (QED) is 0.510. The molecule has 13 heavy (non-hydrogen) atoms. The highest BCUT2D eigenvalue weighted by Crippen LogP contribution is 2.05. The van der Waals surface area contributed by atoms with Crippen molar-refractivity contribution in [1.82, 2.24) is 0 Å². The number of hydrogen-bond donors (Lipinski definition) is 1. The molecule has 4 nitrogen and oxygen atoms in total. The van der Waals surface area contributed by atoms with Gasteiger partial charge in [-0.15, -0.1) is 0 Å². The summed E-state index contributed by atoms with van der Waals surface area (Å²) in [6.45, 7) is 9.81. The first-order valence-electron chi connectivity index (χ1n) is 3.71. The number of primary amides is 1. The van der Waals surface area contributed by atoms with Crippen molar-refractivity contribution in [2.24, 2.45) is 5.73 Å². The van der Waals surface area contributed by atoms with Crippen LogP contribution in [0.25, 0.3) is 0 Å². The summed E-state index contributed by atoms with van der Waals surface area (Å²) < 4.78 is 4.80. The number of carbonyl (C=O) groups excluding carboxylic acids is 2. The van der Waals surface area contributed by atoms with Crippen LogP contribution >= 0.6 is 0 Å². The zero-order valence-corrected chi connectivity index (χ0v) is 7.79. The molecular formula is C9H13NO3. The maximum atomic E-state index is 11.0. The fourth-order valence-electron chi connectivity index (χ4n) is 0.533. The van der Waals surface area contributed by atoms with Gasteiger partial charge in [0.2, 0.25) is 5.91 Å². The van der Waals surface area contributed by atoms with E-state index in [4.69, 9.17) is 10.5 Å². The SMILES string of the molecule is C=C(C)C(=O)OC(C)C(=C)C(N)=O. The maximum Gasteiger partial charge on any atom is 0.333 e. The molecule has 0 heterocycles. The Balaban J connectivity index is 4.23. The predicted octanol–water partition coefficient (Wildman–Crippen LogP) is 0.536. The molecule has 1 unspecified atom stereocenters. The Hall–Kier alpha value is -1.58. The van der Waals surface area contributed by atoms with E-state index in [0.717, 1.165) is 0 Å². The van der Waals surface area contributed by atoms with Crippen LogP contribution in [0.5, 0.6) is 0 Å². The van der Waals surface area contributed by atoms with E-state index in [2.05, 4.69) is 13.2 Å². The van der Waals surface area contributed by atoms with Crippen LogP contribution in [0.3, 0.4) is 0 Å². The second kappa shape index (κ2) is 4.45. The Kier molecular flexibility index (Phi) is 3.91. The average molecular weight is 183 g/mol. The molecule has 0 aliphatic heterocycles. The lowest BCUT2D eigenvalue weighted by Crippen LogP contribution is -2.25. The fraction of sp³-hybridized carbons (Fsp3) is 0.333. The van der Waals surface area contributed by atoms with Crippen molar-refractivity contribution in [2.45, 2.75) is 20.0 Å². The summed E-state index contributed by atoms with van der Waals surface area (Å²) in [6, 6.07) is 0. The van der Waals surface area contributed by atoms with Gasteiger partial charge in [0.1, 0.15) is 6.10 Å². The van der Waals surface area contributed by atoms with Gasteiger partial charge in [-0.1, -0.05) is 13.2 Å². The molecular weight excluding hydrogens is 170 g/mol. The lowest BCUT2D eigenvalue weighted by atomic mass is 10.2. The summed E-state index contributed by atoms with van der Waals surface area (Å²) in [5, 5.41) is 0. The number of rotatable bonds is 4. The minimum Gasteiger partial charge on any atom is -0.454 e. The minimum atomic E-state index is -0.707. The van der Waals surface area contributed by atoms with E-state index in [1.165, 1.54) is 13.8 Å². The summed E-state index contributed by atoms with van der Waals surface area (Å²) in [5.74, 6) is -1.24. The molecule has 0 fully saturated rings. The molecule has 72 valence electrons. The van der Waals surface area contributed by atoms with E-state index in [9.17, 15) is 9.59 Å². The van der Waals surface area contributed by atoms with Crippen molar-refractivity contribution in [3.63, 3.8) is 0 Å². The van der Waals surface area contributed by atoms with Crippen molar-refractivity contribution < 1.29 is 14.3 Å². The monoisotopic (exact) mass is 183 g/mol. The molecule has 0 aliphatic rings. The van der Waals surface area contributed by atoms with Crippen LogP contribution in [0.4, 0.5) is 0 Å². The van der Waals surface area contributed by atoms with E-state index < -0.39 is 18.0 Å². The molecule has 4 heteroatoms. The first-order chi connectivity index (χ1) is 5.86. The number of amides is 1. The third kappa shape index (κ3) is 3.55. The topological polar surface area (TPSA) is 69.4 Å². The summed E-state index contributed by atoms with van der Waals surface area (Å²) in [4.78, 5) is 21.6. The Labute approximate surface area is 77.1 Å². The van der Waals surface area contributed by atoms with Crippen LogP contribution in [0.15, 0.2) is 24.3 Å². The number of carbonyl (C=O) groups is 2. The van der Waals surface area contributed by atoms with Gasteiger partial charge in [-0.25, -0.2) is 4.79 Å². The van der Waals surface area contributed by atoms with Crippen LogP contribution in [0.1, 0.15) is 13.8 Å². The van der Waals surface area contributed by atoms with Crippen molar-refractivity contribution in [1.29, 1.82) is 0 Å². The van der Waals surface area contributed by atoms with E-state index in [1.807, 2.05) is 0 Å². The summed E-state index contributed by atoms with van der Waals surface area (Å²) in [5.41, 5.74) is 5.27. The lowest BCUT2D eigenvalue weighted by molar-refractivity contribution is -0.142. The molecule has 0 radical (unpaired) electrons. The molecule has 0 rings (SSSR count). The van der Waals surface area contributed by atoms with Gasteiger partial charge in [-0.2, -0.15) is 0 Å². The average Bonchev–Trinajstić information content (AvgIpc) is 2.02. The normalized spacial score (nSPS) is 11.5. The van der Waals surface area contributed by atoms with Gasteiger partial charge in [-0.05, 0) is 13.8 Å². The third-order valence-electron chi connectivity index (χ3n) is 1.44. The predicted molar refractivity (Wildman–Crippen MR) is 48.7 cm³/mol. The summed E-state index contributed by atoms with van der Waals surface area (Å²) in [7, 11) is 0. The highest BCUT2D eigenvalue weighted by Gasteiger charge is 2.16. The van der Waals surface area contributed by atoms with Crippen LogP contribution in [0.2, 0.25) is 0 Å². The number of hydrogen-bond acceptors (Lipinski definition) is 3. The van der Waals surface area contributed by atoms with E-state index >= 15 is 0 Å². The fourth-order valence-corrected chi connectivity index (χ4v) is 0.533. The Morgan fingerprint density at radius 1 is 1.38 bits per heavy atom. The van der Waals surface area contributed by atoms with Gasteiger partial charge in [0, 0.05) is 11.1 Å². The van der Waals surface area contributed by atoms with Crippen molar-refractivity contribution in [3.8, 4) is 0 Å². The number of esters is 1. The lowest BCUT2D eigenvalue weighted by Gasteiger charge is -2.12. The molecule has 0 saturated carbocycles. The Morgan fingerprint density at radius 3 is 2.15 bits per heavy atom. The second-order valence-electron chi connectivity index (χ2n) is 2.72. The van der Waals surface area contributed by atoms with Gasteiger partial charge >= 0.3 is 5.97 Å². The van der Waals surface area contributed by atoms with Crippen molar-refractivity contribution in [2.75, 3.05) is 0 Å². The van der Waals surface area contributed by atoms with Gasteiger partial charge in [0.25, 0.3) is 0 Å². The van der Waals surface area contributed by atoms with E-state index in [1.54, 1.807) is 0 Å². The van der Waals surface area contributed by atoms with Crippen molar-refractivity contribution >= 4 is 11.9 Å². The number of nitrogens with two attached hydrogens (primary N) is 1. The summed E-state index contributed by atoms with van der Waals surface area (Å²) in [6.07, 6.45) is -0.707. The van der Waals surface area contributed by atoms with Gasteiger partial charge in [0.05, 0.1) is 0 Å². The molecule has 0 aromatic carbocycles. The Morgan fingerprint density at radius 2 is 1.85 bits per heavy atom. The Bertz CT molecular complexity index is 268. The molecule has 0 aromatic heterocycles. The molecule has 0 aromatic rings. The zero-order valence-electron chi connectivity index (χ0n) is 7.79. The van der Waals surface area contributed by atoms with E-state index in [-0.39, 0.29) is 11.1 Å². The minimum absolute atomic E-state index is 0.0644. The van der Waals surface area contributed by atoms with Crippen molar-refractivity contribution in [3.05, 3.63) is 24.3 Å². The van der Waals surface area contributed by atoms with Gasteiger partial charge < -0.3 is 10.5 Å². The molecule has 1 atom stereocenters. The van der Waals surface area contributed by atoms with Gasteiger partial charge in [0.15, 0.2) is 0 Å². The summed E-state index contributed by atoms with van der Waals surface area (Å²) >= 11 is 0. The molecule has 0 saturated heterocycles. The molecule has 2 N–H and O–H groups in total. The molecule has 1 amide bonds. The highest BCUT2D eigenvalue weighted by molar-refractivity contribution is 5.93. The smallest absolute Gasteiger partial charge is 0.333 e. The third-order valence-corrected chi connectivity index (χ3v) is 1.44. The molecule has 0 bridgehead atoms. The maximum absolute atomic E-state index is 11.0. The van der Waals surface area contributed by atoms with Crippen LogP contribution in [0, 0.1) is 0 Å². The van der Waals surface area contributed by atoms with E-state index in [0.29, 0.717) is 0 Å². The largest absolute Gasteiger partial charge is 0.454 e. The molecule has 0 aliphatic carbocycles. The first-order valence-corrected chi connectivity index (χ1v) is 3.71. The van der Waals surface area contributed by atoms with Crippen LogP contribution in [-0.2, 0) is 14.3 Å². The zero-order chi connectivity index (χ0) is 10.6. The second-order valence-corrected chi connectivity index (χ2v) is 2.72. The standard InChI is InChI=1S/C9H13NO3/c1-5(2)9(12)13-7(4)6(3)8(10)11/h7H,1,3H2,2,4H3,(H2,10,11). The highest BCUT2D eigenvalue weighted by atomic mass is 16.5.